The highest BCUT2D eigenvalue weighted by Crippen LogP contribution is 2.40. The van der Waals surface area contributed by atoms with E-state index in [1.807, 2.05) is 35.2 Å². The molecule has 3 heterocycles. The van der Waals surface area contributed by atoms with Crippen LogP contribution in [0.4, 0.5) is 0 Å². The fourth-order valence-corrected chi connectivity index (χ4v) is 3.84. The quantitative estimate of drug-likeness (QED) is 0.535. The monoisotopic (exact) mass is 409 g/mol. The van der Waals surface area contributed by atoms with Gasteiger partial charge in [-0.2, -0.15) is 0 Å². The number of carboxylic acids is 1. The zero-order valence-electron chi connectivity index (χ0n) is 15.4. The van der Waals surface area contributed by atoms with Crippen molar-refractivity contribution in [2.45, 2.75) is 12.1 Å². The first-order valence-corrected chi connectivity index (χ1v) is 9.51. The molecule has 3 aromatic rings. The lowest BCUT2D eigenvalue weighted by atomic mass is 10.0. The van der Waals surface area contributed by atoms with E-state index in [0.717, 1.165) is 11.3 Å². The number of aromatic carboxylic acids is 1. The molecule has 4 rings (SSSR count). The first-order valence-electron chi connectivity index (χ1n) is 9.11. The van der Waals surface area contributed by atoms with Gasteiger partial charge in [0.25, 0.3) is 0 Å². The van der Waals surface area contributed by atoms with Crippen molar-refractivity contribution in [3.05, 3.63) is 77.8 Å². The van der Waals surface area contributed by atoms with E-state index in [1.54, 1.807) is 30.5 Å². The lowest BCUT2D eigenvalue weighted by Crippen LogP contribution is -2.32. The van der Waals surface area contributed by atoms with Crippen molar-refractivity contribution < 1.29 is 19.4 Å². The maximum Gasteiger partial charge on any atom is 0.335 e. The van der Waals surface area contributed by atoms with Crippen molar-refractivity contribution in [1.29, 1.82) is 0 Å². The van der Waals surface area contributed by atoms with Crippen LogP contribution in [0, 0.1) is 0 Å². The number of aliphatic hydroxyl groups is 1. The van der Waals surface area contributed by atoms with Crippen LogP contribution in [-0.2, 0) is 0 Å². The van der Waals surface area contributed by atoms with Crippen LogP contribution in [0.2, 0.25) is 0 Å². The lowest BCUT2D eigenvalue weighted by molar-refractivity contribution is 0.0697. The number of benzene rings is 1. The molecule has 0 spiro atoms. The molecule has 0 aliphatic carbocycles. The number of aliphatic hydroxyl groups excluding tert-OH is 1. The second-order valence-electron chi connectivity index (χ2n) is 6.63. The number of hydrogen-bond donors (Lipinski definition) is 3. The van der Waals surface area contributed by atoms with Crippen molar-refractivity contribution in [3.8, 4) is 11.3 Å². The Balaban J connectivity index is 1.68. The van der Waals surface area contributed by atoms with E-state index in [0.29, 0.717) is 23.2 Å². The van der Waals surface area contributed by atoms with Crippen molar-refractivity contribution in [3.63, 3.8) is 0 Å². The number of carboxylic acid groups (broad SMARTS) is 1. The summed E-state index contributed by atoms with van der Waals surface area (Å²) in [5, 5.41) is 22.4. The van der Waals surface area contributed by atoms with Gasteiger partial charge < -0.3 is 24.8 Å². The molecule has 1 aliphatic rings. The molecule has 0 radical (unpaired) electrons. The number of rotatable bonds is 6. The average molecular weight is 409 g/mol. The molecule has 3 N–H and O–H groups in total. The predicted octanol–water partition coefficient (Wildman–Crippen LogP) is 3.00. The summed E-state index contributed by atoms with van der Waals surface area (Å²) < 4.78 is 6.13. The Morgan fingerprint density at radius 2 is 1.97 bits per heavy atom. The first-order chi connectivity index (χ1) is 14.1. The van der Waals surface area contributed by atoms with Gasteiger partial charge in [-0.3, -0.25) is 4.98 Å². The van der Waals surface area contributed by atoms with Crippen LogP contribution in [0.15, 0.2) is 65.2 Å². The van der Waals surface area contributed by atoms with E-state index < -0.39 is 5.97 Å². The van der Waals surface area contributed by atoms with Gasteiger partial charge in [-0.15, -0.1) is 0 Å². The number of hydrogen-bond acceptors (Lipinski definition) is 5. The van der Waals surface area contributed by atoms with Crippen LogP contribution >= 0.6 is 12.2 Å². The Bertz CT molecular complexity index is 1020. The van der Waals surface area contributed by atoms with Crippen LogP contribution in [0.5, 0.6) is 0 Å². The molecule has 0 saturated carbocycles. The fourth-order valence-electron chi connectivity index (χ4n) is 3.51. The Hall–Kier alpha value is -3.23. The average Bonchev–Trinajstić information content (AvgIpc) is 3.34. The number of carbonyl (C=O) groups is 1. The number of furan rings is 1. The molecule has 2 aromatic heterocycles. The second kappa shape index (κ2) is 8.02. The smallest absolute Gasteiger partial charge is 0.335 e. The third-order valence-electron chi connectivity index (χ3n) is 4.87. The van der Waals surface area contributed by atoms with Gasteiger partial charge in [0.05, 0.1) is 23.9 Å². The molecule has 29 heavy (non-hydrogen) atoms. The van der Waals surface area contributed by atoms with E-state index in [9.17, 15) is 9.90 Å². The minimum atomic E-state index is -0.972. The summed E-state index contributed by atoms with van der Waals surface area (Å²) in [6.07, 6.45) is 1.73. The second-order valence-corrected chi connectivity index (χ2v) is 7.01. The van der Waals surface area contributed by atoms with Crippen LogP contribution in [0.1, 0.15) is 33.9 Å². The van der Waals surface area contributed by atoms with Crippen LogP contribution in [0.3, 0.4) is 0 Å². The number of nitrogens with zero attached hydrogens (tertiary/aromatic N) is 2. The van der Waals surface area contributed by atoms with E-state index in [4.69, 9.17) is 21.7 Å². The van der Waals surface area contributed by atoms with Crippen molar-refractivity contribution in [2.75, 3.05) is 13.2 Å². The fraction of sp³-hybridized carbons (Fsp3) is 0.190. The summed E-state index contributed by atoms with van der Waals surface area (Å²) >= 11 is 5.48. The normalized spacial score (nSPS) is 18.7. The summed E-state index contributed by atoms with van der Waals surface area (Å²) in [6, 6.07) is 15.4. The summed E-state index contributed by atoms with van der Waals surface area (Å²) in [5.74, 6) is 0.331. The molecule has 0 amide bonds. The Kier molecular flexibility index (Phi) is 5.28. The molecule has 1 saturated heterocycles. The Labute approximate surface area is 172 Å². The largest absolute Gasteiger partial charge is 0.478 e. The molecule has 7 nitrogen and oxygen atoms in total. The maximum absolute atomic E-state index is 11.1. The number of β-amino-alcohol motifs (C(OH)–C–C–N with tert-alkyl or cyclic N) is 1. The molecule has 1 aromatic carbocycles. The summed E-state index contributed by atoms with van der Waals surface area (Å²) in [4.78, 5) is 17.4. The molecule has 8 heteroatoms. The highest BCUT2D eigenvalue weighted by atomic mass is 32.1. The molecule has 1 aliphatic heterocycles. The summed E-state index contributed by atoms with van der Waals surface area (Å²) in [7, 11) is 0. The topological polar surface area (TPSA) is 98.8 Å². The van der Waals surface area contributed by atoms with Crippen LogP contribution < -0.4 is 5.32 Å². The van der Waals surface area contributed by atoms with Gasteiger partial charge in [-0.25, -0.2) is 4.79 Å². The molecule has 0 unspecified atom stereocenters. The number of nitrogens with one attached hydrogen (secondary N) is 1. The number of aromatic nitrogens is 1. The van der Waals surface area contributed by atoms with Gasteiger partial charge in [0, 0.05) is 18.3 Å². The van der Waals surface area contributed by atoms with Crippen molar-refractivity contribution in [2.24, 2.45) is 0 Å². The van der Waals surface area contributed by atoms with Gasteiger partial charge in [-0.1, -0.05) is 18.2 Å². The summed E-state index contributed by atoms with van der Waals surface area (Å²) in [5.41, 5.74) is 1.82. The van der Waals surface area contributed by atoms with Crippen molar-refractivity contribution >= 4 is 23.3 Å². The SMILES string of the molecule is O=C(O)c1ccc(-c2ccc([C@@H]3[C@H](c4ccccn4)NC(=S)N3CCO)o2)cc1. The van der Waals surface area contributed by atoms with Gasteiger partial charge in [-0.05, 0) is 48.6 Å². The van der Waals surface area contributed by atoms with Gasteiger partial charge in [0.15, 0.2) is 5.11 Å². The third kappa shape index (κ3) is 3.72. The molecular weight excluding hydrogens is 390 g/mol. The van der Waals surface area contributed by atoms with Crippen LogP contribution in [0.25, 0.3) is 11.3 Å². The molecule has 1 fully saturated rings. The standard InChI is InChI=1S/C21H19N3O4S/c25-12-11-24-19(18(23-21(24)29)15-3-1-2-10-22-15)17-9-8-16(28-17)13-4-6-14(7-5-13)20(26)27/h1-10,18-19,25H,11-12H2,(H,23,29)(H,26,27)/t18-,19+/m0/s1. The highest BCUT2D eigenvalue weighted by molar-refractivity contribution is 7.80. The summed E-state index contributed by atoms with van der Waals surface area (Å²) in [6.45, 7) is 0.320. The molecule has 0 bridgehead atoms. The van der Waals surface area contributed by atoms with Crippen LogP contribution in [-0.4, -0.2) is 44.3 Å². The predicted molar refractivity (Wildman–Crippen MR) is 110 cm³/mol. The minimum Gasteiger partial charge on any atom is -0.478 e. The Morgan fingerprint density at radius 3 is 2.62 bits per heavy atom. The van der Waals surface area contributed by atoms with Gasteiger partial charge in [0.2, 0.25) is 0 Å². The van der Waals surface area contributed by atoms with E-state index in [2.05, 4.69) is 10.3 Å². The van der Waals surface area contributed by atoms with Gasteiger partial charge in [0.1, 0.15) is 17.6 Å². The van der Waals surface area contributed by atoms with E-state index in [-0.39, 0.29) is 24.3 Å². The number of pyridine rings is 1. The highest BCUT2D eigenvalue weighted by Gasteiger charge is 2.41. The molecule has 148 valence electrons. The zero-order chi connectivity index (χ0) is 20.4. The number of thiocarbonyl (C=S) groups is 1. The van der Waals surface area contributed by atoms with Gasteiger partial charge >= 0.3 is 5.97 Å². The van der Waals surface area contributed by atoms with E-state index >= 15 is 0 Å². The maximum atomic E-state index is 11.1. The first kappa shape index (κ1) is 19.1. The third-order valence-corrected chi connectivity index (χ3v) is 5.23. The molecule has 2 atom stereocenters. The Morgan fingerprint density at radius 1 is 1.17 bits per heavy atom. The zero-order valence-corrected chi connectivity index (χ0v) is 16.2. The van der Waals surface area contributed by atoms with E-state index in [1.165, 1.54) is 0 Å². The minimum absolute atomic E-state index is 0.0442. The lowest BCUT2D eigenvalue weighted by Gasteiger charge is -2.25. The molecular formula is C21H19N3O4S. The van der Waals surface area contributed by atoms with Crippen molar-refractivity contribution in [1.82, 2.24) is 15.2 Å².